The van der Waals surface area contributed by atoms with Crippen LogP contribution >= 0.6 is 11.3 Å². The van der Waals surface area contributed by atoms with Crippen LogP contribution in [0.15, 0.2) is 11.4 Å². The number of urea groups is 1. The van der Waals surface area contributed by atoms with Gasteiger partial charge in [-0.15, -0.1) is 11.3 Å². The molecule has 0 bridgehead atoms. The van der Waals surface area contributed by atoms with E-state index in [2.05, 4.69) is 5.32 Å². The molecule has 2 amide bonds. The van der Waals surface area contributed by atoms with E-state index in [9.17, 15) is 13.2 Å². The average Bonchev–Trinajstić information content (AvgIpc) is 2.92. The summed E-state index contributed by atoms with van der Waals surface area (Å²) in [6.07, 6.45) is 0. The van der Waals surface area contributed by atoms with Crippen LogP contribution in [0.25, 0.3) is 0 Å². The van der Waals surface area contributed by atoms with Crippen molar-refractivity contribution in [1.29, 1.82) is 0 Å². The van der Waals surface area contributed by atoms with Gasteiger partial charge >= 0.3 is 6.03 Å². The number of amides is 2. The molecule has 1 aliphatic rings. The first-order valence-electron chi connectivity index (χ1n) is 6.82. The van der Waals surface area contributed by atoms with Crippen molar-refractivity contribution in [3.63, 3.8) is 0 Å². The number of carbonyl (C=O) groups is 1. The summed E-state index contributed by atoms with van der Waals surface area (Å²) in [5, 5.41) is 9.98. The molecular formula is C13H21N3O3S2. The van der Waals surface area contributed by atoms with E-state index in [0.29, 0.717) is 19.6 Å². The zero-order valence-electron chi connectivity index (χ0n) is 12.2. The van der Waals surface area contributed by atoms with Gasteiger partial charge in [-0.1, -0.05) is 6.92 Å². The van der Waals surface area contributed by atoms with Crippen molar-refractivity contribution >= 4 is 27.4 Å². The molecule has 21 heavy (non-hydrogen) atoms. The number of primary sulfonamides is 1. The lowest BCUT2D eigenvalue weighted by atomic mass is 10.0. The predicted octanol–water partition coefficient (Wildman–Crippen LogP) is 1.12. The number of nitrogens with two attached hydrogens (primary N) is 1. The molecule has 0 unspecified atom stereocenters. The molecule has 0 spiro atoms. The highest BCUT2D eigenvalue weighted by Crippen LogP contribution is 2.24. The number of hydrogen-bond acceptors (Lipinski definition) is 4. The molecule has 1 aliphatic heterocycles. The van der Waals surface area contributed by atoms with Crippen molar-refractivity contribution in [2.24, 2.45) is 17.0 Å². The van der Waals surface area contributed by atoms with E-state index in [1.165, 1.54) is 5.56 Å². The Balaban J connectivity index is 1.88. The number of likely N-dealkylation sites (tertiary alicyclic amines) is 1. The molecule has 1 fully saturated rings. The number of nitrogens with zero attached hydrogens (tertiary/aromatic N) is 1. The second-order valence-electron chi connectivity index (χ2n) is 5.66. The third-order valence-electron chi connectivity index (χ3n) is 3.87. The van der Waals surface area contributed by atoms with Crippen molar-refractivity contribution in [3.8, 4) is 0 Å². The first-order valence-corrected chi connectivity index (χ1v) is 9.42. The third kappa shape index (κ3) is 4.42. The minimum atomic E-state index is -3.50. The number of aryl methyl sites for hydroxylation is 1. The number of thiophene rings is 1. The monoisotopic (exact) mass is 331 g/mol. The number of nitrogens with one attached hydrogen (secondary N) is 1. The summed E-state index contributed by atoms with van der Waals surface area (Å²) in [5.74, 6) is -0.0195. The van der Waals surface area contributed by atoms with E-state index in [1.54, 1.807) is 16.2 Å². The number of hydrogen-bond donors (Lipinski definition) is 2. The molecule has 118 valence electrons. The largest absolute Gasteiger partial charge is 0.333 e. The van der Waals surface area contributed by atoms with Crippen LogP contribution in [0.1, 0.15) is 17.4 Å². The SMILES string of the molecule is Cc1ccsc1CNC(=O)N1C[C@@H](CS(N)(=O)=O)[C@H](C)C1. The van der Waals surface area contributed by atoms with E-state index in [1.807, 2.05) is 25.3 Å². The van der Waals surface area contributed by atoms with Crippen LogP contribution in [0, 0.1) is 18.8 Å². The zero-order valence-corrected chi connectivity index (χ0v) is 13.8. The molecule has 0 saturated carbocycles. The molecular weight excluding hydrogens is 310 g/mol. The van der Waals surface area contributed by atoms with Gasteiger partial charge in [-0.05, 0) is 35.8 Å². The molecule has 0 radical (unpaired) electrons. The summed E-state index contributed by atoms with van der Waals surface area (Å²) in [6.45, 7) is 5.47. The third-order valence-corrected chi connectivity index (χ3v) is 5.79. The van der Waals surface area contributed by atoms with Gasteiger partial charge in [0.05, 0.1) is 12.3 Å². The molecule has 3 N–H and O–H groups in total. The Labute approximate surface area is 129 Å². The van der Waals surface area contributed by atoms with Gasteiger partial charge < -0.3 is 10.2 Å². The molecule has 2 heterocycles. The van der Waals surface area contributed by atoms with Crippen molar-refractivity contribution in [3.05, 3.63) is 21.9 Å². The fourth-order valence-corrected chi connectivity index (χ4v) is 4.44. The first kappa shape index (κ1) is 16.3. The predicted molar refractivity (Wildman–Crippen MR) is 83.5 cm³/mol. The van der Waals surface area contributed by atoms with Gasteiger partial charge in [-0.2, -0.15) is 0 Å². The van der Waals surface area contributed by atoms with Gasteiger partial charge in [-0.3, -0.25) is 0 Å². The fourth-order valence-electron chi connectivity index (χ4n) is 2.57. The molecule has 0 aliphatic carbocycles. The number of rotatable bonds is 4. The molecule has 8 heteroatoms. The summed E-state index contributed by atoms with van der Waals surface area (Å²) in [5.41, 5.74) is 1.17. The highest BCUT2D eigenvalue weighted by molar-refractivity contribution is 7.89. The van der Waals surface area contributed by atoms with Crippen LogP contribution in [0.3, 0.4) is 0 Å². The molecule has 2 rings (SSSR count). The maximum Gasteiger partial charge on any atom is 0.317 e. The second kappa shape index (κ2) is 6.33. The summed E-state index contributed by atoms with van der Waals surface area (Å²) in [7, 11) is -3.50. The van der Waals surface area contributed by atoms with E-state index >= 15 is 0 Å². The number of sulfonamides is 1. The standard InChI is InChI=1S/C13H21N3O3S2/c1-9-3-4-20-12(9)5-15-13(17)16-6-10(2)11(7-16)8-21(14,18)19/h3-4,10-11H,5-8H2,1-2H3,(H,15,17)(H2,14,18,19)/t10-,11+/m1/s1. The van der Waals surface area contributed by atoms with Crippen molar-refractivity contribution in [1.82, 2.24) is 10.2 Å². The average molecular weight is 331 g/mol. The lowest BCUT2D eigenvalue weighted by Gasteiger charge is -2.17. The summed E-state index contributed by atoms with van der Waals surface area (Å²) >= 11 is 1.61. The Morgan fingerprint density at radius 3 is 2.81 bits per heavy atom. The molecule has 6 nitrogen and oxygen atoms in total. The van der Waals surface area contributed by atoms with Crippen LogP contribution < -0.4 is 10.5 Å². The summed E-state index contributed by atoms with van der Waals surface area (Å²) in [4.78, 5) is 15.0. The lowest BCUT2D eigenvalue weighted by molar-refractivity contribution is 0.206. The fraction of sp³-hybridized carbons (Fsp3) is 0.615. The van der Waals surface area contributed by atoms with Gasteiger partial charge in [0, 0.05) is 18.0 Å². The van der Waals surface area contributed by atoms with Crippen LogP contribution in [0.5, 0.6) is 0 Å². The normalized spacial score (nSPS) is 22.5. The summed E-state index contributed by atoms with van der Waals surface area (Å²) < 4.78 is 22.4. The van der Waals surface area contributed by atoms with E-state index < -0.39 is 10.0 Å². The van der Waals surface area contributed by atoms with Crippen molar-refractivity contribution < 1.29 is 13.2 Å². The Morgan fingerprint density at radius 2 is 2.24 bits per heavy atom. The van der Waals surface area contributed by atoms with Crippen LogP contribution in [-0.2, 0) is 16.6 Å². The van der Waals surface area contributed by atoms with Crippen LogP contribution in [0.2, 0.25) is 0 Å². The summed E-state index contributed by atoms with van der Waals surface area (Å²) in [6, 6.07) is 1.87. The number of carbonyl (C=O) groups excluding carboxylic acids is 1. The van der Waals surface area contributed by atoms with Crippen molar-refractivity contribution in [2.75, 3.05) is 18.8 Å². The molecule has 1 aromatic rings. The molecule has 1 aromatic heterocycles. The Hall–Kier alpha value is -1.12. The maximum absolute atomic E-state index is 12.1. The van der Waals surface area contributed by atoms with E-state index in [4.69, 9.17) is 5.14 Å². The quantitative estimate of drug-likeness (QED) is 0.866. The van der Waals surface area contributed by atoms with Crippen LogP contribution in [-0.4, -0.2) is 38.2 Å². The Kier molecular flexibility index (Phi) is 4.90. The van der Waals surface area contributed by atoms with E-state index in [-0.39, 0.29) is 23.6 Å². The topological polar surface area (TPSA) is 92.5 Å². The van der Waals surface area contributed by atoms with Crippen LogP contribution in [0.4, 0.5) is 4.79 Å². The Morgan fingerprint density at radius 1 is 1.52 bits per heavy atom. The molecule has 2 atom stereocenters. The first-order chi connectivity index (χ1) is 9.76. The van der Waals surface area contributed by atoms with Crippen molar-refractivity contribution in [2.45, 2.75) is 20.4 Å². The molecule has 0 aromatic carbocycles. The maximum atomic E-state index is 12.1. The van der Waals surface area contributed by atoms with Gasteiger partial charge in [0.15, 0.2) is 0 Å². The molecule has 1 saturated heterocycles. The van der Waals surface area contributed by atoms with Gasteiger partial charge in [0.25, 0.3) is 0 Å². The second-order valence-corrected chi connectivity index (χ2v) is 8.32. The zero-order chi connectivity index (χ0) is 15.6. The highest BCUT2D eigenvalue weighted by atomic mass is 32.2. The van der Waals surface area contributed by atoms with Gasteiger partial charge in [0.2, 0.25) is 10.0 Å². The highest BCUT2D eigenvalue weighted by Gasteiger charge is 2.34. The van der Waals surface area contributed by atoms with Gasteiger partial charge in [-0.25, -0.2) is 18.4 Å². The van der Waals surface area contributed by atoms with E-state index in [0.717, 1.165) is 4.88 Å². The minimum absolute atomic E-state index is 0.0675. The van der Waals surface area contributed by atoms with Gasteiger partial charge in [0.1, 0.15) is 0 Å². The minimum Gasteiger partial charge on any atom is -0.333 e. The smallest absolute Gasteiger partial charge is 0.317 e. The lowest BCUT2D eigenvalue weighted by Crippen LogP contribution is -2.38. The Bertz CT molecular complexity index is 612.